The van der Waals surface area contributed by atoms with Crippen LogP contribution in [-0.2, 0) is 6.54 Å². The van der Waals surface area contributed by atoms with E-state index in [1.165, 1.54) is 17.0 Å². The van der Waals surface area contributed by atoms with Crippen molar-refractivity contribution in [3.8, 4) is 0 Å². The van der Waals surface area contributed by atoms with Crippen LogP contribution in [0.15, 0.2) is 36.4 Å². The van der Waals surface area contributed by atoms with Crippen LogP contribution in [0.25, 0.3) is 0 Å². The average molecular weight is 344 g/mol. The highest BCUT2D eigenvalue weighted by atomic mass is 35.5. The van der Waals surface area contributed by atoms with Crippen molar-refractivity contribution in [2.75, 3.05) is 12.8 Å². The molecule has 0 aliphatic heterocycles. The van der Waals surface area contributed by atoms with Crippen molar-refractivity contribution in [2.24, 2.45) is 0 Å². The molecule has 3 nitrogen and oxygen atoms in total. The standard InChI is InChI=1S/C15H13Cl3N2O/c1-20(8-9-3-2-4-10(16)5-9)15(21)12-6-11(19)7-13(17)14(12)18/h2-7H,8,19H2,1H3. The van der Waals surface area contributed by atoms with Crippen molar-refractivity contribution in [2.45, 2.75) is 6.54 Å². The molecular weight excluding hydrogens is 331 g/mol. The third kappa shape index (κ3) is 3.82. The lowest BCUT2D eigenvalue weighted by Gasteiger charge is -2.19. The highest BCUT2D eigenvalue weighted by Crippen LogP contribution is 2.29. The molecule has 1 amide bonds. The van der Waals surface area contributed by atoms with Crippen molar-refractivity contribution >= 4 is 46.4 Å². The molecule has 0 unspecified atom stereocenters. The van der Waals surface area contributed by atoms with Crippen LogP contribution in [0.3, 0.4) is 0 Å². The van der Waals surface area contributed by atoms with Crippen molar-refractivity contribution in [3.05, 3.63) is 62.6 Å². The van der Waals surface area contributed by atoms with E-state index in [4.69, 9.17) is 40.5 Å². The molecule has 2 rings (SSSR count). The van der Waals surface area contributed by atoms with E-state index in [9.17, 15) is 4.79 Å². The van der Waals surface area contributed by atoms with Crippen LogP contribution in [0.5, 0.6) is 0 Å². The van der Waals surface area contributed by atoms with E-state index in [1.807, 2.05) is 12.1 Å². The number of anilines is 1. The second-order valence-corrected chi connectivity index (χ2v) is 5.88. The minimum Gasteiger partial charge on any atom is -0.399 e. The zero-order chi connectivity index (χ0) is 15.6. The Hall–Kier alpha value is -1.42. The first-order chi connectivity index (χ1) is 9.88. The number of benzene rings is 2. The molecule has 110 valence electrons. The number of carbonyl (C=O) groups excluding carboxylic acids is 1. The van der Waals surface area contributed by atoms with Crippen LogP contribution >= 0.6 is 34.8 Å². The fourth-order valence-corrected chi connectivity index (χ4v) is 2.58. The van der Waals surface area contributed by atoms with Gasteiger partial charge in [-0.3, -0.25) is 4.79 Å². The van der Waals surface area contributed by atoms with E-state index in [-0.39, 0.29) is 21.5 Å². The number of nitrogens with zero attached hydrogens (tertiary/aromatic N) is 1. The van der Waals surface area contributed by atoms with Gasteiger partial charge in [-0.1, -0.05) is 46.9 Å². The molecule has 0 bridgehead atoms. The molecule has 0 atom stereocenters. The zero-order valence-electron chi connectivity index (χ0n) is 11.2. The summed E-state index contributed by atoms with van der Waals surface area (Å²) < 4.78 is 0. The third-order valence-corrected chi connectivity index (χ3v) is 3.97. The van der Waals surface area contributed by atoms with Gasteiger partial charge >= 0.3 is 0 Å². The molecule has 2 aromatic carbocycles. The summed E-state index contributed by atoms with van der Waals surface area (Å²) in [5.74, 6) is -0.255. The average Bonchev–Trinajstić information content (AvgIpc) is 2.42. The summed E-state index contributed by atoms with van der Waals surface area (Å²) in [7, 11) is 1.68. The predicted molar refractivity (Wildman–Crippen MR) is 88.1 cm³/mol. The van der Waals surface area contributed by atoms with E-state index in [0.717, 1.165) is 5.56 Å². The first kappa shape index (κ1) is 16.0. The number of halogens is 3. The van der Waals surface area contributed by atoms with Crippen LogP contribution in [-0.4, -0.2) is 17.9 Å². The molecule has 6 heteroatoms. The van der Waals surface area contributed by atoms with Crippen LogP contribution in [0, 0.1) is 0 Å². The van der Waals surface area contributed by atoms with Gasteiger partial charge in [0.25, 0.3) is 5.91 Å². The fourth-order valence-electron chi connectivity index (χ4n) is 1.95. The largest absolute Gasteiger partial charge is 0.399 e. The van der Waals surface area contributed by atoms with Gasteiger partial charge in [-0.05, 0) is 29.8 Å². The number of nitrogen functional groups attached to an aromatic ring is 1. The molecule has 0 aliphatic rings. The van der Waals surface area contributed by atoms with Gasteiger partial charge in [-0.25, -0.2) is 0 Å². The molecule has 0 aromatic heterocycles. The molecule has 2 N–H and O–H groups in total. The second-order valence-electron chi connectivity index (χ2n) is 4.66. The highest BCUT2D eigenvalue weighted by molar-refractivity contribution is 6.44. The summed E-state index contributed by atoms with van der Waals surface area (Å²) in [5.41, 5.74) is 7.30. The lowest BCUT2D eigenvalue weighted by molar-refractivity contribution is 0.0785. The maximum Gasteiger partial charge on any atom is 0.255 e. The molecule has 0 fully saturated rings. The minimum atomic E-state index is -0.255. The molecule has 0 saturated carbocycles. The summed E-state index contributed by atoms with van der Waals surface area (Å²) >= 11 is 18.0. The predicted octanol–water partition coefficient (Wildman–Crippen LogP) is 4.50. The number of rotatable bonds is 3. The van der Waals surface area contributed by atoms with E-state index >= 15 is 0 Å². The van der Waals surface area contributed by atoms with Gasteiger partial charge in [0.15, 0.2) is 0 Å². The highest BCUT2D eigenvalue weighted by Gasteiger charge is 2.18. The smallest absolute Gasteiger partial charge is 0.255 e. The van der Waals surface area contributed by atoms with Crippen molar-refractivity contribution in [1.82, 2.24) is 4.90 Å². The summed E-state index contributed by atoms with van der Waals surface area (Å²) in [6.45, 7) is 0.405. The van der Waals surface area contributed by atoms with Crippen LogP contribution < -0.4 is 5.73 Å². The zero-order valence-corrected chi connectivity index (χ0v) is 13.5. The van der Waals surface area contributed by atoms with Crippen molar-refractivity contribution in [3.63, 3.8) is 0 Å². The molecule has 0 aliphatic carbocycles. The van der Waals surface area contributed by atoms with Crippen LogP contribution in [0.4, 0.5) is 5.69 Å². The van der Waals surface area contributed by atoms with Gasteiger partial charge < -0.3 is 10.6 Å². The Balaban J connectivity index is 2.24. The minimum absolute atomic E-state index is 0.203. The maximum atomic E-state index is 12.5. The molecule has 2 aromatic rings. The Morgan fingerprint density at radius 2 is 1.90 bits per heavy atom. The molecule has 0 saturated heterocycles. The normalized spacial score (nSPS) is 10.5. The quantitative estimate of drug-likeness (QED) is 0.834. The first-order valence-corrected chi connectivity index (χ1v) is 7.26. The number of amides is 1. The summed E-state index contributed by atoms with van der Waals surface area (Å²) in [5, 5.41) is 1.09. The van der Waals surface area contributed by atoms with Gasteiger partial charge in [0.05, 0.1) is 15.6 Å². The summed E-state index contributed by atoms with van der Waals surface area (Å²) in [4.78, 5) is 14.0. The second kappa shape index (κ2) is 6.56. The molecular formula is C15H13Cl3N2O. The topological polar surface area (TPSA) is 46.3 Å². The lowest BCUT2D eigenvalue weighted by Crippen LogP contribution is -2.26. The Labute approximate surface area is 138 Å². The first-order valence-electron chi connectivity index (χ1n) is 6.13. The number of hydrogen-bond donors (Lipinski definition) is 1. The Kier molecular flexibility index (Phi) is 4.99. The van der Waals surface area contributed by atoms with Crippen molar-refractivity contribution < 1.29 is 4.79 Å². The van der Waals surface area contributed by atoms with Gasteiger partial charge in [0.2, 0.25) is 0 Å². The van der Waals surface area contributed by atoms with E-state index in [2.05, 4.69) is 0 Å². The van der Waals surface area contributed by atoms with Gasteiger partial charge in [0, 0.05) is 24.3 Å². The summed E-state index contributed by atoms with van der Waals surface area (Å²) in [6.07, 6.45) is 0. The molecule has 21 heavy (non-hydrogen) atoms. The molecule has 0 radical (unpaired) electrons. The molecule has 0 spiro atoms. The third-order valence-electron chi connectivity index (χ3n) is 2.94. The summed E-state index contributed by atoms with van der Waals surface area (Å²) in [6, 6.07) is 10.3. The number of hydrogen-bond acceptors (Lipinski definition) is 2. The fraction of sp³-hybridized carbons (Fsp3) is 0.133. The lowest BCUT2D eigenvalue weighted by atomic mass is 10.1. The SMILES string of the molecule is CN(Cc1cccc(Cl)c1)C(=O)c1cc(N)cc(Cl)c1Cl. The Morgan fingerprint density at radius 1 is 1.19 bits per heavy atom. The Morgan fingerprint density at radius 3 is 2.57 bits per heavy atom. The monoisotopic (exact) mass is 342 g/mol. The number of nitrogens with two attached hydrogens (primary N) is 1. The van der Waals surface area contributed by atoms with Crippen LogP contribution in [0.1, 0.15) is 15.9 Å². The van der Waals surface area contributed by atoms with E-state index in [1.54, 1.807) is 19.2 Å². The van der Waals surface area contributed by atoms with Gasteiger partial charge in [-0.2, -0.15) is 0 Å². The van der Waals surface area contributed by atoms with Gasteiger partial charge in [-0.15, -0.1) is 0 Å². The van der Waals surface area contributed by atoms with Gasteiger partial charge in [0.1, 0.15) is 0 Å². The molecule has 0 heterocycles. The van der Waals surface area contributed by atoms with E-state index in [0.29, 0.717) is 17.3 Å². The van der Waals surface area contributed by atoms with E-state index < -0.39 is 0 Å². The van der Waals surface area contributed by atoms with Crippen molar-refractivity contribution in [1.29, 1.82) is 0 Å². The maximum absolute atomic E-state index is 12.5. The van der Waals surface area contributed by atoms with Crippen LogP contribution in [0.2, 0.25) is 15.1 Å². The Bertz CT molecular complexity index is 689. The number of carbonyl (C=O) groups is 1.